The third-order valence-electron chi connectivity index (χ3n) is 3.73. The number of rotatable bonds is 6. The largest absolute Gasteiger partial charge is 0.495 e. The van der Waals surface area contributed by atoms with Gasteiger partial charge in [-0.25, -0.2) is 9.97 Å². The van der Waals surface area contributed by atoms with Gasteiger partial charge in [-0.3, -0.25) is 0 Å². The lowest BCUT2D eigenvalue weighted by molar-refractivity contribution is 0.415. The van der Waals surface area contributed by atoms with Gasteiger partial charge in [-0.05, 0) is 23.8 Å². The van der Waals surface area contributed by atoms with E-state index < -0.39 is 0 Å². The highest BCUT2D eigenvalue weighted by Gasteiger charge is 2.07. The lowest BCUT2D eigenvalue weighted by Gasteiger charge is -2.18. The van der Waals surface area contributed by atoms with E-state index in [1.807, 2.05) is 43.4 Å². The molecule has 0 aliphatic carbocycles. The molecule has 1 N–H and O–H groups in total. The van der Waals surface area contributed by atoms with Gasteiger partial charge < -0.3 is 15.0 Å². The molecule has 2 aromatic carbocycles. The van der Waals surface area contributed by atoms with Crippen LogP contribution in [0.15, 0.2) is 60.9 Å². The molecule has 0 aliphatic rings. The average molecular weight is 355 g/mol. The van der Waals surface area contributed by atoms with E-state index in [-0.39, 0.29) is 0 Å². The summed E-state index contributed by atoms with van der Waals surface area (Å²) in [5.41, 5.74) is 2.06. The van der Waals surface area contributed by atoms with Gasteiger partial charge >= 0.3 is 0 Å². The molecule has 0 spiro atoms. The molecule has 1 heterocycles. The third-order valence-corrected chi connectivity index (χ3v) is 4.03. The van der Waals surface area contributed by atoms with Crippen LogP contribution >= 0.6 is 11.6 Å². The van der Waals surface area contributed by atoms with Crippen LogP contribution in [0.4, 0.5) is 17.3 Å². The summed E-state index contributed by atoms with van der Waals surface area (Å²) in [4.78, 5) is 10.7. The zero-order valence-electron chi connectivity index (χ0n) is 14.1. The zero-order valence-corrected chi connectivity index (χ0v) is 14.9. The van der Waals surface area contributed by atoms with Crippen molar-refractivity contribution in [3.63, 3.8) is 0 Å². The molecule has 6 heteroatoms. The molecule has 0 bridgehead atoms. The number of hydrogen-bond donors (Lipinski definition) is 1. The zero-order chi connectivity index (χ0) is 17.6. The van der Waals surface area contributed by atoms with E-state index in [0.717, 1.165) is 18.1 Å². The summed E-state index contributed by atoms with van der Waals surface area (Å²) in [6, 6.07) is 17.7. The van der Waals surface area contributed by atoms with E-state index in [4.69, 9.17) is 16.3 Å². The van der Waals surface area contributed by atoms with Crippen molar-refractivity contribution in [3.05, 3.63) is 71.5 Å². The highest BCUT2D eigenvalue weighted by atomic mass is 35.5. The first kappa shape index (κ1) is 17.0. The van der Waals surface area contributed by atoms with Crippen LogP contribution in [-0.2, 0) is 6.54 Å². The first-order valence-electron chi connectivity index (χ1n) is 7.83. The summed E-state index contributed by atoms with van der Waals surface area (Å²) < 4.78 is 5.17. The van der Waals surface area contributed by atoms with E-state index >= 15 is 0 Å². The minimum atomic E-state index is 0.544. The Morgan fingerprint density at radius 3 is 2.60 bits per heavy atom. The van der Waals surface area contributed by atoms with Crippen molar-refractivity contribution in [3.8, 4) is 5.75 Å². The SMILES string of the molecule is COc1ccc(Nc2cc(N(C)Cc3ccccc3)ncn2)cc1Cl. The Bertz CT molecular complexity index is 842. The minimum Gasteiger partial charge on any atom is -0.495 e. The number of nitrogens with zero attached hydrogens (tertiary/aromatic N) is 3. The van der Waals surface area contributed by atoms with Gasteiger partial charge in [0, 0.05) is 25.3 Å². The number of benzene rings is 2. The first-order valence-corrected chi connectivity index (χ1v) is 8.21. The Labute approximate surface area is 152 Å². The predicted octanol–water partition coefficient (Wildman–Crippen LogP) is 4.52. The third kappa shape index (κ3) is 4.39. The van der Waals surface area contributed by atoms with Crippen molar-refractivity contribution in [2.45, 2.75) is 6.54 Å². The number of aromatic nitrogens is 2. The molecule has 0 radical (unpaired) electrons. The molecule has 128 valence electrons. The molecule has 0 saturated carbocycles. The van der Waals surface area contributed by atoms with E-state index in [9.17, 15) is 0 Å². The van der Waals surface area contributed by atoms with E-state index in [1.165, 1.54) is 5.56 Å². The molecule has 0 fully saturated rings. The Hall–Kier alpha value is -2.79. The topological polar surface area (TPSA) is 50.3 Å². The molecule has 0 amide bonds. The van der Waals surface area contributed by atoms with Gasteiger partial charge in [0.15, 0.2) is 0 Å². The number of nitrogens with one attached hydrogen (secondary N) is 1. The van der Waals surface area contributed by atoms with Crippen LogP contribution in [0.2, 0.25) is 5.02 Å². The number of anilines is 3. The summed E-state index contributed by atoms with van der Waals surface area (Å²) in [5, 5.41) is 3.78. The second kappa shape index (κ2) is 7.85. The molecule has 3 rings (SSSR count). The maximum atomic E-state index is 6.16. The molecule has 1 aromatic heterocycles. The second-order valence-electron chi connectivity index (χ2n) is 5.58. The molecule has 25 heavy (non-hydrogen) atoms. The number of hydrogen-bond acceptors (Lipinski definition) is 5. The van der Waals surface area contributed by atoms with Crippen LogP contribution in [0.25, 0.3) is 0 Å². The van der Waals surface area contributed by atoms with Crippen LogP contribution in [0.5, 0.6) is 5.75 Å². The number of ether oxygens (including phenoxy) is 1. The number of methoxy groups -OCH3 is 1. The van der Waals surface area contributed by atoms with Gasteiger partial charge in [0.25, 0.3) is 0 Å². The fraction of sp³-hybridized carbons (Fsp3) is 0.158. The van der Waals surface area contributed by atoms with Crippen LogP contribution in [0.3, 0.4) is 0 Å². The van der Waals surface area contributed by atoms with Crippen molar-refractivity contribution in [1.82, 2.24) is 9.97 Å². The average Bonchev–Trinajstić information content (AvgIpc) is 2.63. The number of halogens is 1. The van der Waals surface area contributed by atoms with Crippen molar-refractivity contribution in [1.29, 1.82) is 0 Å². The smallest absolute Gasteiger partial charge is 0.137 e. The molecule has 0 atom stereocenters. The fourth-order valence-electron chi connectivity index (χ4n) is 2.45. The predicted molar refractivity (Wildman–Crippen MR) is 102 cm³/mol. The standard InChI is InChI=1S/C19H19ClN4O/c1-24(12-14-6-4-3-5-7-14)19-11-18(21-13-22-19)23-15-8-9-17(25-2)16(20)10-15/h3-11,13H,12H2,1-2H3,(H,21,22,23). The molecule has 5 nitrogen and oxygen atoms in total. The lowest BCUT2D eigenvalue weighted by Crippen LogP contribution is -2.17. The molecular weight excluding hydrogens is 336 g/mol. The highest BCUT2D eigenvalue weighted by Crippen LogP contribution is 2.28. The van der Waals surface area contributed by atoms with Gasteiger partial charge in [-0.2, -0.15) is 0 Å². The Morgan fingerprint density at radius 1 is 1.08 bits per heavy atom. The maximum absolute atomic E-state index is 6.16. The van der Waals surface area contributed by atoms with Gasteiger partial charge in [0.1, 0.15) is 23.7 Å². The monoisotopic (exact) mass is 354 g/mol. The minimum absolute atomic E-state index is 0.544. The Balaban J connectivity index is 1.74. The van der Waals surface area contributed by atoms with Crippen molar-refractivity contribution in [2.75, 3.05) is 24.4 Å². The highest BCUT2D eigenvalue weighted by molar-refractivity contribution is 6.32. The summed E-state index contributed by atoms with van der Waals surface area (Å²) in [6.07, 6.45) is 1.55. The second-order valence-corrected chi connectivity index (χ2v) is 5.98. The fourth-order valence-corrected chi connectivity index (χ4v) is 2.71. The summed E-state index contributed by atoms with van der Waals surface area (Å²) >= 11 is 6.16. The van der Waals surface area contributed by atoms with Crippen LogP contribution in [-0.4, -0.2) is 24.1 Å². The van der Waals surface area contributed by atoms with Gasteiger partial charge in [-0.15, -0.1) is 0 Å². The van der Waals surface area contributed by atoms with E-state index in [2.05, 4.69) is 32.3 Å². The van der Waals surface area contributed by atoms with Gasteiger partial charge in [0.2, 0.25) is 0 Å². The Morgan fingerprint density at radius 2 is 1.88 bits per heavy atom. The molecule has 0 aliphatic heterocycles. The Kier molecular flexibility index (Phi) is 5.36. The van der Waals surface area contributed by atoms with Crippen molar-refractivity contribution >= 4 is 28.9 Å². The van der Waals surface area contributed by atoms with Gasteiger partial charge in [-0.1, -0.05) is 41.9 Å². The molecule has 3 aromatic rings. The van der Waals surface area contributed by atoms with Crippen LogP contribution in [0.1, 0.15) is 5.56 Å². The van der Waals surface area contributed by atoms with Crippen LogP contribution < -0.4 is 15.0 Å². The summed E-state index contributed by atoms with van der Waals surface area (Å²) in [6.45, 7) is 0.770. The summed E-state index contributed by atoms with van der Waals surface area (Å²) in [7, 11) is 3.59. The van der Waals surface area contributed by atoms with E-state index in [1.54, 1.807) is 19.5 Å². The van der Waals surface area contributed by atoms with Crippen molar-refractivity contribution in [2.24, 2.45) is 0 Å². The molecule has 0 unspecified atom stereocenters. The quantitative estimate of drug-likeness (QED) is 0.705. The lowest BCUT2D eigenvalue weighted by atomic mass is 10.2. The summed E-state index contributed by atoms with van der Waals surface area (Å²) in [5.74, 6) is 2.17. The van der Waals surface area contributed by atoms with Gasteiger partial charge in [0.05, 0.1) is 12.1 Å². The molecule has 0 saturated heterocycles. The van der Waals surface area contributed by atoms with E-state index in [0.29, 0.717) is 16.6 Å². The molecular formula is C19H19ClN4O. The normalized spacial score (nSPS) is 10.4. The first-order chi connectivity index (χ1) is 12.2. The maximum Gasteiger partial charge on any atom is 0.137 e. The van der Waals surface area contributed by atoms with Crippen LogP contribution in [0, 0.1) is 0 Å². The van der Waals surface area contributed by atoms with Crippen molar-refractivity contribution < 1.29 is 4.74 Å².